The minimum Gasteiger partial charge on any atom is -0.477 e. The Morgan fingerprint density at radius 1 is 1.28 bits per heavy atom. The second-order valence-corrected chi connectivity index (χ2v) is 6.54. The van der Waals surface area contributed by atoms with Crippen LogP contribution in [0.25, 0.3) is 11.3 Å². The number of ether oxygens (including phenoxy) is 1. The van der Waals surface area contributed by atoms with E-state index in [1.807, 2.05) is 6.07 Å². The fourth-order valence-corrected chi connectivity index (χ4v) is 2.81. The van der Waals surface area contributed by atoms with Crippen molar-refractivity contribution in [2.45, 2.75) is 26.3 Å². The first-order chi connectivity index (χ1) is 14.0. The Bertz CT molecular complexity index is 1000. The van der Waals surface area contributed by atoms with Gasteiger partial charge in [0, 0.05) is 43.2 Å². The summed E-state index contributed by atoms with van der Waals surface area (Å²) in [5.74, 6) is -1.44. The average molecular weight is 400 g/mol. The highest BCUT2D eigenvalue weighted by atomic mass is 19.1. The number of hydrogen-bond acceptors (Lipinski definition) is 4. The largest absolute Gasteiger partial charge is 0.477 e. The molecule has 0 saturated carbocycles. The monoisotopic (exact) mass is 400 g/mol. The Morgan fingerprint density at radius 3 is 2.86 bits per heavy atom. The number of halogens is 2. The first-order valence-electron chi connectivity index (χ1n) is 9.33. The molecule has 0 aliphatic heterocycles. The molecule has 1 aromatic carbocycles. The van der Waals surface area contributed by atoms with Gasteiger partial charge < -0.3 is 10.1 Å². The molecule has 152 valence electrons. The summed E-state index contributed by atoms with van der Waals surface area (Å²) in [7, 11) is 1.63. The van der Waals surface area contributed by atoms with E-state index in [0.717, 1.165) is 30.5 Å². The third kappa shape index (κ3) is 4.96. The standard InChI is InChI=1S/C21H22F2N4O2/c1-3-4-10-29-21-14(6-5-9-24-21)12-25-20(28)17-13-27(2)26-19(17)16-8-7-15(22)11-18(16)23/h5-9,11,13H,3-4,10,12H2,1-2H3,(H,25,28). The number of benzene rings is 1. The molecule has 0 unspecified atom stereocenters. The minimum absolute atomic E-state index is 0.0575. The molecule has 29 heavy (non-hydrogen) atoms. The summed E-state index contributed by atoms with van der Waals surface area (Å²) in [5.41, 5.74) is 1.13. The molecule has 2 heterocycles. The summed E-state index contributed by atoms with van der Waals surface area (Å²) in [4.78, 5) is 17.0. The molecule has 0 bridgehead atoms. The number of amides is 1. The maximum Gasteiger partial charge on any atom is 0.255 e. The number of rotatable bonds is 8. The first-order valence-corrected chi connectivity index (χ1v) is 9.33. The van der Waals surface area contributed by atoms with Gasteiger partial charge in [-0.1, -0.05) is 19.4 Å². The van der Waals surface area contributed by atoms with Crippen molar-refractivity contribution >= 4 is 5.91 Å². The number of carbonyl (C=O) groups is 1. The summed E-state index contributed by atoms with van der Waals surface area (Å²) in [5, 5.41) is 6.96. The Hall–Kier alpha value is -3.29. The highest BCUT2D eigenvalue weighted by Gasteiger charge is 2.20. The van der Waals surface area contributed by atoms with Crippen molar-refractivity contribution in [3.63, 3.8) is 0 Å². The van der Waals surface area contributed by atoms with Crippen molar-refractivity contribution in [1.29, 1.82) is 0 Å². The van der Waals surface area contributed by atoms with Crippen LogP contribution in [0.4, 0.5) is 8.78 Å². The molecule has 3 rings (SSSR count). The molecule has 0 aliphatic rings. The lowest BCUT2D eigenvalue weighted by Gasteiger charge is -2.11. The van der Waals surface area contributed by atoms with Crippen LogP contribution in [0.15, 0.2) is 42.7 Å². The molecule has 0 fully saturated rings. The van der Waals surface area contributed by atoms with Crippen LogP contribution < -0.4 is 10.1 Å². The molecule has 1 N–H and O–H groups in total. The topological polar surface area (TPSA) is 69.0 Å². The van der Waals surface area contributed by atoms with Crippen molar-refractivity contribution in [2.75, 3.05) is 6.61 Å². The molecule has 0 spiro atoms. The van der Waals surface area contributed by atoms with Gasteiger partial charge in [0.15, 0.2) is 0 Å². The van der Waals surface area contributed by atoms with E-state index in [9.17, 15) is 13.6 Å². The maximum absolute atomic E-state index is 14.2. The van der Waals surface area contributed by atoms with E-state index in [-0.39, 0.29) is 23.4 Å². The Labute approximate surface area is 167 Å². The van der Waals surface area contributed by atoms with Gasteiger partial charge in [0.1, 0.15) is 17.3 Å². The van der Waals surface area contributed by atoms with E-state index in [1.54, 1.807) is 19.3 Å². The smallest absolute Gasteiger partial charge is 0.255 e. The lowest BCUT2D eigenvalue weighted by Crippen LogP contribution is -2.23. The Balaban J connectivity index is 1.78. The maximum atomic E-state index is 14.2. The van der Waals surface area contributed by atoms with Gasteiger partial charge in [0.25, 0.3) is 5.91 Å². The number of hydrogen-bond donors (Lipinski definition) is 1. The molecule has 2 aromatic heterocycles. The Morgan fingerprint density at radius 2 is 2.10 bits per heavy atom. The third-order valence-corrected chi connectivity index (χ3v) is 4.29. The molecule has 1 amide bonds. The Kier molecular flexibility index (Phi) is 6.54. The SMILES string of the molecule is CCCCOc1ncccc1CNC(=O)c1cn(C)nc1-c1ccc(F)cc1F. The lowest BCUT2D eigenvalue weighted by molar-refractivity contribution is 0.0951. The zero-order valence-corrected chi connectivity index (χ0v) is 16.3. The van der Waals surface area contributed by atoms with E-state index < -0.39 is 17.5 Å². The minimum atomic E-state index is -0.781. The van der Waals surface area contributed by atoms with Crippen LogP contribution in [0.1, 0.15) is 35.7 Å². The van der Waals surface area contributed by atoms with E-state index in [2.05, 4.69) is 22.3 Å². The van der Waals surface area contributed by atoms with Crippen LogP contribution in [0, 0.1) is 11.6 Å². The van der Waals surface area contributed by atoms with Crippen LogP contribution in [0.2, 0.25) is 0 Å². The van der Waals surface area contributed by atoms with Crippen molar-refractivity contribution in [2.24, 2.45) is 7.05 Å². The third-order valence-electron chi connectivity index (χ3n) is 4.29. The van der Waals surface area contributed by atoms with Gasteiger partial charge >= 0.3 is 0 Å². The molecular formula is C21H22F2N4O2. The van der Waals surface area contributed by atoms with Gasteiger partial charge in [-0.05, 0) is 24.6 Å². The quantitative estimate of drug-likeness (QED) is 0.583. The number of aromatic nitrogens is 3. The van der Waals surface area contributed by atoms with Gasteiger partial charge in [-0.2, -0.15) is 5.10 Å². The number of unbranched alkanes of at least 4 members (excludes halogenated alkanes) is 1. The normalized spacial score (nSPS) is 10.8. The molecule has 0 aliphatic carbocycles. The van der Waals surface area contributed by atoms with Gasteiger partial charge in [0.2, 0.25) is 5.88 Å². The van der Waals surface area contributed by atoms with Crippen LogP contribution >= 0.6 is 0 Å². The number of pyridine rings is 1. The van der Waals surface area contributed by atoms with Crippen molar-refractivity contribution in [1.82, 2.24) is 20.1 Å². The molecular weight excluding hydrogens is 378 g/mol. The first kappa shape index (κ1) is 20.4. The fourth-order valence-electron chi connectivity index (χ4n) is 2.81. The molecule has 8 heteroatoms. The molecule has 3 aromatic rings. The predicted octanol–water partition coefficient (Wildman–Crippen LogP) is 3.87. The molecule has 0 radical (unpaired) electrons. The zero-order chi connectivity index (χ0) is 20.8. The van der Waals surface area contributed by atoms with Crippen LogP contribution in [-0.4, -0.2) is 27.3 Å². The van der Waals surface area contributed by atoms with Gasteiger partial charge in [-0.3, -0.25) is 9.48 Å². The number of carbonyl (C=O) groups excluding carboxylic acids is 1. The highest BCUT2D eigenvalue weighted by molar-refractivity contribution is 5.99. The lowest BCUT2D eigenvalue weighted by atomic mass is 10.1. The zero-order valence-electron chi connectivity index (χ0n) is 16.3. The molecule has 0 atom stereocenters. The van der Waals surface area contributed by atoms with Gasteiger partial charge in [-0.25, -0.2) is 13.8 Å². The molecule has 6 nitrogen and oxygen atoms in total. The van der Waals surface area contributed by atoms with E-state index in [4.69, 9.17) is 4.74 Å². The average Bonchev–Trinajstić information content (AvgIpc) is 3.08. The highest BCUT2D eigenvalue weighted by Crippen LogP contribution is 2.25. The summed E-state index contributed by atoms with van der Waals surface area (Å²) in [6, 6.07) is 6.74. The fraction of sp³-hybridized carbons (Fsp3) is 0.286. The van der Waals surface area contributed by atoms with Crippen LogP contribution in [0.5, 0.6) is 5.88 Å². The second kappa shape index (κ2) is 9.27. The summed E-state index contributed by atoms with van der Waals surface area (Å²) < 4.78 is 34.5. The van der Waals surface area contributed by atoms with Gasteiger partial charge in [0.05, 0.1) is 12.2 Å². The summed E-state index contributed by atoms with van der Waals surface area (Å²) in [6.07, 6.45) is 5.03. The summed E-state index contributed by atoms with van der Waals surface area (Å²) >= 11 is 0. The van der Waals surface area contributed by atoms with Crippen LogP contribution in [0.3, 0.4) is 0 Å². The summed E-state index contributed by atoms with van der Waals surface area (Å²) in [6.45, 7) is 2.80. The number of nitrogens with one attached hydrogen (secondary N) is 1. The van der Waals surface area contributed by atoms with Gasteiger partial charge in [-0.15, -0.1) is 0 Å². The van der Waals surface area contributed by atoms with Crippen molar-refractivity contribution in [3.8, 4) is 17.1 Å². The number of nitrogens with zero attached hydrogens (tertiary/aromatic N) is 3. The molecule has 0 saturated heterocycles. The van der Waals surface area contributed by atoms with E-state index >= 15 is 0 Å². The number of aryl methyl sites for hydroxylation is 1. The predicted molar refractivity (Wildman–Crippen MR) is 104 cm³/mol. The van der Waals surface area contributed by atoms with E-state index in [1.165, 1.54) is 16.9 Å². The van der Waals surface area contributed by atoms with Crippen molar-refractivity contribution < 1.29 is 18.3 Å². The van der Waals surface area contributed by atoms with E-state index in [0.29, 0.717) is 12.5 Å². The second-order valence-electron chi connectivity index (χ2n) is 6.54. The van der Waals surface area contributed by atoms with Crippen LogP contribution in [-0.2, 0) is 13.6 Å². The van der Waals surface area contributed by atoms with Crippen molar-refractivity contribution in [3.05, 3.63) is 65.5 Å².